The lowest BCUT2D eigenvalue weighted by Gasteiger charge is -1.96. The lowest BCUT2D eigenvalue weighted by Crippen LogP contribution is -1.79. The van der Waals surface area contributed by atoms with E-state index in [0.29, 0.717) is 11.3 Å². The Hall–Kier alpha value is -1.57. The highest BCUT2D eigenvalue weighted by Crippen LogP contribution is 2.21. The Morgan fingerprint density at radius 2 is 2.17 bits per heavy atom. The summed E-state index contributed by atoms with van der Waals surface area (Å²) in [6.07, 6.45) is 1.52. The van der Waals surface area contributed by atoms with Crippen LogP contribution in [0, 0.1) is 11.9 Å². The van der Waals surface area contributed by atoms with Gasteiger partial charge >= 0.3 is 0 Å². The van der Waals surface area contributed by atoms with Crippen LogP contribution in [0.4, 0.5) is 4.39 Å². The third-order valence-electron chi connectivity index (χ3n) is 1.59. The Kier molecular flexibility index (Phi) is 1.67. The Balaban J connectivity index is 2.55. The highest BCUT2D eigenvalue weighted by atomic mass is 19.1. The molecule has 0 saturated carbocycles. The number of halogens is 1. The highest BCUT2D eigenvalue weighted by molar-refractivity contribution is 5.57. The van der Waals surface area contributed by atoms with Crippen LogP contribution in [0.3, 0.4) is 0 Å². The third kappa shape index (κ3) is 1.11. The van der Waals surface area contributed by atoms with Gasteiger partial charge in [-0.25, -0.2) is 4.39 Å². The van der Waals surface area contributed by atoms with Gasteiger partial charge in [0.2, 0.25) is 0 Å². The van der Waals surface area contributed by atoms with Gasteiger partial charge in [-0.05, 0) is 18.2 Å². The van der Waals surface area contributed by atoms with Gasteiger partial charge in [0, 0.05) is 6.07 Å². The molecule has 59 valence electrons. The third-order valence-corrected chi connectivity index (χ3v) is 1.59. The van der Waals surface area contributed by atoms with E-state index in [1.54, 1.807) is 24.3 Å². The molecule has 0 saturated heterocycles. The Morgan fingerprint density at radius 1 is 1.25 bits per heavy atom. The van der Waals surface area contributed by atoms with Crippen molar-refractivity contribution in [3.63, 3.8) is 0 Å². The number of furan rings is 1. The molecule has 0 atom stereocenters. The lowest BCUT2D eigenvalue weighted by atomic mass is 10.2. The molecule has 2 aromatic rings. The largest absolute Gasteiger partial charge is 0.464 e. The van der Waals surface area contributed by atoms with Gasteiger partial charge in [-0.3, -0.25) is 0 Å². The second-order valence-corrected chi connectivity index (χ2v) is 2.38. The van der Waals surface area contributed by atoms with Gasteiger partial charge in [0.1, 0.15) is 11.6 Å². The number of hydrogen-bond acceptors (Lipinski definition) is 1. The van der Waals surface area contributed by atoms with Crippen LogP contribution in [-0.2, 0) is 0 Å². The fraction of sp³-hybridized carbons (Fsp3) is 0. The Labute approximate surface area is 69.4 Å². The fourth-order valence-corrected chi connectivity index (χ4v) is 1.04. The molecular formula is C10H6FO. The Morgan fingerprint density at radius 3 is 2.83 bits per heavy atom. The van der Waals surface area contributed by atoms with E-state index >= 15 is 0 Å². The number of rotatable bonds is 1. The normalized spacial score (nSPS) is 10.1. The average molecular weight is 161 g/mol. The first-order chi connectivity index (χ1) is 5.88. The zero-order valence-corrected chi connectivity index (χ0v) is 6.25. The van der Waals surface area contributed by atoms with Crippen molar-refractivity contribution in [3.05, 3.63) is 48.5 Å². The molecule has 1 aromatic carbocycles. The molecule has 0 aliphatic rings. The maximum atomic E-state index is 13.0. The van der Waals surface area contributed by atoms with Crippen molar-refractivity contribution in [2.24, 2.45) is 0 Å². The van der Waals surface area contributed by atoms with Gasteiger partial charge in [-0.1, -0.05) is 12.1 Å². The predicted molar refractivity (Wildman–Crippen MR) is 42.9 cm³/mol. The van der Waals surface area contributed by atoms with Crippen molar-refractivity contribution in [1.29, 1.82) is 0 Å². The molecule has 12 heavy (non-hydrogen) atoms. The predicted octanol–water partition coefficient (Wildman–Crippen LogP) is 2.89. The van der Waals surface area contributed by atoms with Crippen LogP contribution in [-0.4, -0.2) is 0 Å². The summed E-state index contributed by atoms with van der Waals surface area (Å²) >= 11 is 0. The van der Waals surface area contributed by atoms with E-state index < -0.39 is 0 Å². The lowest BCUT2D eigenvalue weighted by molar-refractivity contribution is 0.569. The number of hydrogen-bond donors (Lipinski definition) is 0. The summed E-state index contributed by atoms with van der Waals surface area (Å²) in [6.45, 7) is 0. The monoisotopic (exact) mass is 161 g/mol. The minimum Gasteiger partial charge on any atom is -0.464 e. The topological polar surface area (TPSA) is 13.1 Å². The molecule has 2 heteroatoms. The molecule has 0 N–H and O–H groups in total. The minimum absolute atomic E-state index is 0.382. The zero-order valence-electron chi connectivity index (χ0n) is 6.25. The number of benzene rings is 1. The van der Waals surface area contributed by atoms with E-state index in [1.807, 2.05) is 0 Å². The molecule has 0 aliphatic heterocycles. The SMILES string of the molecule is Fc1[c]cccc1-c1ccco1. The summed E-state index contributed by atoms with van der Waals surface area (Å²) in [5.41, 5.74) is 0.447. The molecule has 1 heterocycles. The van der Waals surface area contributed by atoms with Gasteiger partial charge in [0.15, 0.2) is 0 Å². The quantitative estimate of drug-likeness (QED) is 0.626. The summed E-state index contributed by atoms with van der Waals surface area (Å²) in [5.74, 6) is 0.150. The zero-order chi connectivity index (χ0) is 8.39. The molecule has 0 bridgehead atoms. The van der Waals surface area contributed by atoms with Gasteiger partial charge in [-0.2, -0.15) is 0 Å². The molecule has 0 amide bonds. The van der Waals surface area contributed by atoms with Gasteiger partial charge in [-0.15, -0.1) is 0 Å². The smallest absolute Gasteiger partial charge is 0.142 e. The maximum Gasteiger partial charge on any atom is 0.142 e. The molecule has 0 fully saturated rings. The first-order valence-electron chi connectivity index (χ1n) is 3.58. The van der Waals surface area contributed by atoms with Gasteiger partial charge < -0.3 is 4.42 Å². The summed E-state index contributed by atoms with van der Waals surface area (Å²) in [4.78, 5) is 0. The van der Waals surface area contributed by atoms with Gasteiger partial charge in [0.25, 0.3) is 0 Å². The average Bonchev–Trinajstić information content (AvgIpc) is 2.57. The molecule has 0 unspecified atom stereocenters. The summed E-state index contributed by atoms with van der Waals surface area (Å²) in [7, 11) is 0. The van der Waals surface area contributed by atoms with Crippen LogP contribution in [0.1, 0.15) is 0 Å². The van der Waals surface area contributed by atoms with Crippen LogP contribution < -0.4 is 0 Å². The summed E-state index contributed by atoms with van der Waals surface area (Å²) < 4.78 is 18.1. The first-order valence-corrected chi connectivity index (χ1v) is 3.58. The van der Waals surface area contributed by atoms with Crippen LogP contribution in [0.5, 0.6) is 0 Å². The Bertz CT molecular complexity index is 365. The van der Waals surface area contributed by atoms with E-state index in [-0.39, 0.29) is 5.82 Å². The van der Waals surface area contributed by atoms with E-state index in [2.05, 4.69) is 6.07 Å². The fourth-order valence-electron chi connectivity index (χ4n) is 1.04. The standard InChI is InChI=1S/C10H6FO/c11-9-5-2-1-4-8(9)10-6-3-7-12-10/h1-4,6-7H. The van der Waals surface area contributed by atoms with Gasteiger partial charge in [0.05, 0.1) is 11.8 Å². The van der Waals surface area contributed by atoms with E-state index in [1.165, 1.54) is 12.3 Å². The van der Waals surface area contributed by atoms with E-state index in [0.717, 1.165) is 0 Å². The van der Waals surface area contributed by atoms with Crippen molar-refractivity contribution >= 4 is 0 Å². The van der Waals surface area contributed by atoms with Crippen LogP contribution >= 0.6 is 0 Å². The maximum absolute atomic E-state index is 13.0. The molecule has 1 aromatic heterocycles. The van der Waals surface area contributed by atoms with Crippen molar-refractivity contribution in [3.8, 4) is 11.3 Å². The minimum atomic E-state index is -0.382. The van der Waals surface area contributed by atoms with Crippen LogP contribution in [0.25, 0.3) is 11.3 Å². The summed E-state index contributed by atoms with van der Waals surface area (Å²) in [5, 5.41) is 0. The first kappa shape index (κ1) is 7.10. The van der Waals surface area contributed by atoms with Crippen LogP contribution in [0.2, 0.25) is 0 Å². The molecule has 1 nitrogen and oxygen atoms in total. The highest BCUT2D eigenvalue weighted by Gasteiger charge is 2.04. The molecule has 0 spiro atoms. The van der Waals surface area contributed by atoms with Crippen molar-refractivity contribution in [2.75, 3.05) is 0 Å². The molecule has 1 radical (unpaired) electrons. The van der Waals surface area contributed by atoms with E-state index in [4.69, 9.17) is 4.42 Å². The van der Waals surface area contributed by atoms with Crippen molar-refractivity contribution < 1.29 is 8.81 Å². The second-order valence-electron chi connectivity index (χ2n) is 2.38. The summed E-state index contributed by atoms with van der Waals surface area (Å²) in [6, 6.07) is 10.8. The molecule has 2 rings (SSSR count). The van der Waals surface area contributed by atoms with E-state index in [9.17, 15) is 4.39 Å². The van der Waals surface area contributed by atoms with Crippen molar-refractivity contribution in [1.82, 2.24) is 0 Å². The van der Waals surface area contributed by atoms with Crippen LogP contribution in [0.15, 0.2) is 41.0 Å². The second kappa shape index (κ2) is 2.81. The van der Waals surface area contributed by atoms with Crippen molar-refractivity contribution in [2.45, 2.75) is 0 Å². The molecular weight excluding hydrogens is 155 g/mol. The molecule has 0 aliphatic carbocycles.